The Kier molecular flexibility index (Phi) is 7.89. The van der Waals surface area contributed by atoms with Gasteiger partial charge in [0, 0.05) is 5.02 Å². The first kappa shape index (κ1) is 19.9. The molecule has 3 nitrogen and oxygen atoms in total. The lowest BCUT2D eigenvalue weighted by molar-refractivity contribution is 0.0734. The minimum Gasteiger partial charge on any atom is -0.490 e. The molecule has 0 N–H and O–H groups in total. The van der Waals surface area contributed by atoms with Crippen molar-refractivity contribution in [3.05, 3.63) is 57.0 Å². The summed E-state index contributed by atoms with van der Waals surface area (Å²) in [6.07, 6.45) is 4.35. The molecule has 0 radical (unpaired) electrons. The van der Waals surface area contributed by atoms with Crippen molar-refractivity contribution in [3.8, 4) is 11.5 Å². The molecule has 0 aromatic heterocycles. The number of hydrogen-bond donors (Lipinski definition) is 0. The van der Waals surface area contributed by atoms with Crippen LogP contribution < -0.4 is 9.47 Å². The van der Waals surface area contributed by atoms with Crippen molar-refractivity contribution in [1.29, 1.82) is 0 Å². The molecule has 0 aliphatic heterocycles. The lowest BCUT2D eigenvalue weighted by Gasteiger charge is -2.12. The third-order valence-electron chi connectivity index (χ3n) is 3.50. The van der Waals surface area contributed by atoms with E-state index in [9.17, 15) is 4.79 Å². The van der Waals surface area contributed by atoms with Crippen LogP contribution in [0.4, 0.5) is 0 Å². The van der Waals surface area contributed by atoms with Gasteiger partial charge in [-0.3, -0.25) is 0 Å². The second-order valence-electron chi connectivity index (χ2n) is 5.52. The molecule has 0 aliphatic carbocycles. The quantitative estimate of drug-likeness (QED) is 0.276. The van der Waals surface area contributed by atoms with Crippen molar-refractivity contribution in [1.82, 2.24) is 0 Å². The van der Waals surface area contributed by atoms with Crippen LogP contribution in [0.1, 0.15) is 43.0 Å². The summed E-state index contributed by atoms with van der Waals surface area (Å²) >= 11 is 18.2. The minimum absolute atomic E-state index is 0.253. The maximum Gasteiger partial charge on any atom is 0.343 e. The molecule has 25 heavy (non-hydrogen) atoms. The predicted octanol–water partition coefficient (Wildman–Crippen LogP) is 6.83. The fraction of sp³-hybridized carbons (Fsp3) is 0.316. The highest BCUT2D eigenvalue weighted by Crippen LogP contribution is 2.34. The topological polar surface area (TPSA) is 35.5 Å². The van der Waals surface area contributed by atoms with Crippen LogP contribution in [0.2, 0.25) is 15.1 Å². The second-order valence-corrected chi connectivity index (χ2v) is 6.77. The highest BCUT2D eigenvalue weighted by molar-refractivity contribution is 6.37. The first-order valence-electron chi connectivity index (χ1n) is 8.11. The molecule has 0 saturated heterocycles. The van der Waals surface area contributed by atoms with Crippen LogP contribution >= 0.6 is 34.8 Å². The van der Waals surface area contributed by atoms with E-state index in [1.807, 2.05) is 0 Å². The fourth-order valence-electron chi connectivity index (χ4n) is 2.19. The Morgan fingerprint density at radius 3 is 2.20 bits per heavy atom. The first-order chi connectivity index (χ1) is 12.0. The van der Waals surface area contributed by atoms with Crippen LogP contribution in [0.25, 0.3) is 0 Å². The smallest absolute Gasteiger partial charge is 0.343 e. The van der Waals surface area contributed by atoms with Gasteiger partial charge in [0.25, 0.3) is 0 Å². The summed E-state index contributed by atoms with van der Waals surface area (Å²) in [5.74, 6) is 0.224. The van der Waals surface area contributed by atoms with E-state index in [2.05, 4.69) is 6.92 Å². The molecule has 2 aromatic carbocycles. The fourth-order valence-corrected chi connectivity index (χ4v) is 2.91. The molecule has 134 valence electrons. The number of carbonyl (C=O) groups is 1. The van der Waals surface area contributed by atoms with Crippen molar-refractivity contribution in [2.75, 3.05) is 6.61 Å². The molecule has 0 fully saturated rings. The lowest BCUT2D eigenvalue weighted by atomic mass is 10.2. The number of halogens is 3. The van der Waals surface area contributed by atoms with Gasteiger partial charge < -0.3 is 9.47 Å². The summed E-state index contributed by atoms with van der Waals surface area (Å²) in [5.41, 5.74) is 0.253. The molecular weight excluding hydrogens is 383 g/mol. The number of unbranched alkanes of at least 4 members (excludes halogenated alkanes) is 3. The Morgan fingerprint density at radius 2 is 1.60 bits per heavy atom. The summed E-state index contributed by atoms with van der Waals surface area (Å²) in [6.45, 7) is 2.68. The summed E-state index contributed by atoms with van der Waals surface area (Å²) in [5, 5.41) is 1.13. The average molecular weight is 402 g/mol. The van der Waals surface area contributed by atoms with Crippen LogP contribution in [-0.4, -0.2) is 12.6 Å². The molecule has 0 saturated carbocycles. The van der Waals surface area contributed by atoms with E-state index in [0.717, 1.165) is 19.3 Å². The number of ether oxygens (including phenoxy) is 2. The molecule has 0 spiro atoms. The summed E-state index contributed by atoms with van der Waals surface area (Å²) in [4.78, 5) is 12.2. The highest BCUT2D eigenvalue weighted by Gasteiger charge is 2.16. The van der Waals surface area contributed by atoms with Gasteiger partial charge in [-0.25, -0.2) is 4.79 Å². The molecular formula is C19H19Cl3O3. The van der Waals surface area contributed by atoms with E-state index in [0.29, 0.717) is 23.1 Å². The van der Waals surface area contributed by atoms with E-state index in [1.165, 1.54) is 18.6 Å². The molecule has 0 atom stereocenters. The first-order valence-corrected chi connectivity index (χ1v) is 9.24. The Hall–Kier alpha value is -1.42. The van der Waals surface area contributed by atoms with Crippen molar-refractivity contribution in [2.45, 2.75) is 32.6 Å². The van der Waals surface area contributed by atoms with Gasteiger partial charge in [0.2, 0.25) is 0 Å². The van der Waals surface area contributed by atoms with Crippen LogP contribution in [0.15, 0.2) is 36.4 Å². The van der Waals surface area contributed by atoms with Gasteiger partial charge >= 0.3 is 5.97 Å². The van der Waals surface area contributed by atoms with E-state index in [4.69, 9.17) is 44.3 Å². The van der Waals surface area contributed by atoms with Crippen LogP contribution in [0.3, 0.4) is 0 Å². The maximum absolute atomic E-state index is 12.2. The average Bonchev–Trinajstić information content (AvgIpc) is 2.58. The molecule has 0 aliphatic rings. The normalized spacial score (nSPS) is 10.6. The number of esters is 1. The lowest BCUT2D eigenvalue weighted by Crippen LogP contribution is -2.09. The highest BCUT2D eigenvalue weighted by atomic mass is 35.5. The minimum atomic E-state index is -0.555. The van der Waals surface area contributed by atoms with Crippen LogP contribution in [0.5, 0.6) is 11.5 Å². The Labute approximate surface area is 162 Å². The van der Waals surface area contributed by atoms with E-state index in [-0.39, 0.29) is 15.6 Å². The van der Waals surface area contributed by atoms with Gasteiger partial charge in [-0.1, -0.05) is 61.0 Å². The zero-order valence-corrected chi connectivity index (χ0v) is 16.1. The zero-order chi connectivity index (χ0) is 18.2. The predicted molar refractivity (Wildman–Crippen MR) is 103 cm³/mol. The van der Waals surface area contributed by atoms with E-state index in [1.54, 1.807) is 24.3 Å². The molecule has 2 aromatic rings. The summed E-state index contributed by atoms with van der Waals surface area (Å²) in [7, 11) is 0. The largest absolute Gasteiger partial charge is 0.490 e. The number of carbonyl (C=O) groups excluding carboxylic acids is 1. The van der Waals surface area contributed by atoms with Gasteiger partial charge in [0.15, 0.2) is 5.75 Å². The van der Waals surface area contributed by atoms with Crippen molar-refractivity contribution >= 4 is 40.8 Å². The second kappa shape index (κ2) is 9.91. The third-order valence-corrected chi connectivity index (χ3v) is 4.32. The monoisotopic (exact) mass is 400 g/mol. The van der Waals surface area contributed by atoms with Gasteiger partial charge in [0.05, 0.1) is 22.2 Å². The summed E-state index contributed by atoms with van der Waals surface area (Å²) in [6, 6.07) is 9.48. The molecule has 2 rings (SSSR count). The molecule has 0 unspecified atom stereocenters. The van der Waals surface area contributed by atoms with Crippen molar-refractivity contribution in [2.24, 2.45) is 0 Å². The molecule has 0 amide bonds. The SMILES string of the molecule is CCCCCCOc1c(Cl)cc(C(=O)Oc2ccc(Cl)cc2)cc1Cl. The van der Waals surface area contributed by atoms with Crippen LogP contribution in [-0.2, 0) is 0 Å². The Balaban J connectivity index is 2.02. The Morgan fingerprint density at radius 1 is 0.960 bits per heavy atom. The van der Waals surface area contributed by atoms with E-state index >= 15 is 0 Å². The maximum atomic E-state index is 12.2. The van der Waals surface area contributed by atoms with Crippen molar-refractivity contribution in [3.63, 3.8) is 0 Å². The molecule has 0 bridgehead atoms. The van der Waals surface area contributed by atoms with Gasteiger partial charge in [-0.2, -0.15) is 0 Å². The third kappa shape index (κ3) is 6.10. The zero-order valence-electron chi connectivity index (χ0n) is 13.9. The Bertz CT molecular complexity index is 691. The number of hydrogen-bond acceptors (Lipinski definition) is 3. The number of benzene rings is 2. The van der Waals surface area contributed by atoms with Gasteiger partial charge in [-0.15, -0.1) is 0 Å². The molecule has 0 heterocycles. The standard InChI is InChI=1S/C19H19Cl3O3/c1-2-3-4-5-10-24-18-16(21)11-13(12-17(18)22)19(23)25-15-8-6-14(20)7-9-15/h6-9,11-12H,2-5,10H2,1H3. The van der Waals surface area contributed by atoms with E-state index < -0.39 is 5.97 Å². The molecule has 6 heteroatoms. The van der Waals surface area contributed by atoms with Crippen molar-refractivity contribution < 1.29 is 14.3 Å². The number of rotatable bonds is 8. The van der Waals surface area contributed by atoms with Crippen LogP contribution in [0, 0.1) is 0 Å². The summed E-state index contributed by atoms with van der Waals surface area (Å²) < 4.78 is 10.9. The van der Waals surface area contributed by atoms with Gasteiger partial charge in [0.1, 0.15) is 5.75 Å². The van der Waals surface area contributed by atoms with Gasteiger partial charge in [-0.05, 0) is 42.8 Å².